The monoisotopic (exact) mass is 373 g/mol. The summed E-state index contributed by atoms with van der Waals surface area (Å²) in [6.07, 6.45) is -4.12. The van der Waals surface area contributed by atoms with Crippen molar-refractivity contribution >= 4 is 23.4 Å². The molecular weight excluding hydrogens is 363 g/mol. The van der Waals surface area contributed by atoms with Gasteiger partial charge in [-0.15, -0.1) is 0 Å². The first-order chi connectivity index (χ1) is 11.7. The smallest absolute Gasteiger partial charge is 0.305 e. The van der Waals surface area contributed by atoms with Crippen molar-refractivity contribution in [2.24, 2.45) is 0 Å². The second-order valence-corrected chi connectivity index (χ2v) is 5.27. The van der Waals surface area contributed by atoms with Gasteiger partial charge in [0, 0.05) is 12.3 Å². The average Bonchev–Trinajstić information content (AvgIpc) is 2.54. The second-order valence-electron chi connectivity index (χ2n) is 4.86. The van der Waals surface area contributed by atoms with E-state index in [1.54, 1.807) is 12.1 Å². The van der Waals surface area contributed by atoms with Gasteiger partial charge in [0.05, 0.1) is 16.1 Å². The van der Waals surface area contributed by atoms with Crippen molar-refractivity contribution in [2.45, 2.75) is 12.7 Å². The maximum Gasteiger partial charge on any atom is 0.417 e. The third kappa shape index (κ3) is 4.83. The van der Waals surface area contributed by atoms with Crippen molar-refractivity contribution in [3.8, 4) is 0 Å². The van der Waals surface area contributed by atoms with E-state index in [0.717, 1.165) is 0 Å². The van der Waals surface area contributed by atoms with E-state index in [4.69, 9.17) is 11.6 Å². The Morgan fingerprint density at radius 1 is 1.08 bits per heavy atom. The number of nitrogens with zero attached hydrogens (tertiary/aromatic N) is 1. The van der Waals surface area contributed by atoms with Crippen LogP contribution >= 0.6 is 11.6 Å². The van der Waals surface area contributed by atoms with Crippen LogP contribution in [-0.4, -0.2) is 16.4 Å². The van der Waals surface area contributed by atoms with Crippen molar-refractivity contribution in [1.29, 1.82) is 0 Å². The molecule has 0 spiro atoms. The summed E-state index contributed by atoms with van der Waals surface area (Å²) in [6.45, 7) is -0.703. The van der Waals surface area contributed by atoms with E-state index in [-0.39, 0.29) is 10.6 Å². The van der Waals surface area contributed by atoms with Crippen LogP contribution in [0.2, 0.25) is 5.02 Å². The van der Waals surface area contributed by atoms with E-state index >= 15 is 0 Å². The van der Waals surface area contributed by atoms with Crippen LogP contribution in [0.25, 0.3) is 0 Å². The van der Waals surface area contributed by atoms with Crippen LogP contribution in [0.4, 0.5) is 13.2 Å². The number of hydrazine groups is 1. The first-order valence-corrected chi connectivity index (χ1v) is 7.17. The van der Waals surface area contributed by atoms with Gasteiger partial charge in [0.15, 0.2) is 0 Å². The molecule has 0 saturated carbocycles. The molecule has 1 aromatic carbocycles. The Hall–Kier alpha value is -2.81. The molecule has 1 heterocycles. The van der Waals surface area contributed by atoms with Crippen LogP contribution in [0.5, 0.6) is 0 Å². The molecule has 0 fully saturated rings. The quantitative estimate of drug-likeness (QED) is 0.807. The minimum absolute atomic E-state index is 0.0979. The van der Waals surface area contributed by atoms with Gasteiger partial charge < -0.3 is 4.57 Å². The standard InChI is InChI=1S/C15H11ClF3N3O3/c16-11-4-2-1-3-10(11)14(25)21-20-12(23)8-22-7-9(15(17,18)19)5-6-13(22)24/h1-7H,8H2,(H,20,23)(H,21,25). The molecule has 0 radical (unpaired) electrons. The number of benzene rings is 1. The van der Waals surface area contributed by atoms with Crippen molar-refractivity contribution in [2.75, 3.05) is 0 Å². The SMILES string of the molecule is O=C(Cn1cc(C(F)(F)F)ccc1=O)NNC(=O)c1ccccc1Cl. The number of hydrogen-bond acceptors (Lipinski definition) is 3. The van der Waals surface area contributed by atoms with Crippen LogP contribution in [-0.2, 0) is 17.5 Å². The molecular formula is C15H11ClF3N3O3. The Balaban J connectivity index is 2.02. The molecule has 132 valence electrons. The predicted molar refractivity (Wildman–Crippen MR) is 82.8 cm³/mol. The lowest BCUT2D eigenvalue weighted by molar-refractivity contribution is -0.138. The Bertz CT molecular complexity index is 865. The zero-order valence-electron chi connectivity index (χ0n) is 12.4. The van der Waals surface area contributed by atoms with Gasteiger partial charge in [0.2, 0.25) is 0 Å². The molecule has 10 heteroatoms. The van der Waals surface area contributed by atoms with Crippen molar-refractivity contribution in [1.82, 2.24) is 15.4 Å². The number of halogens is 4. The van der Waals surface area contributed by atoms with E-state index in [9.17, 15) is 27.6 Å². The molecule has 0 aliphatic rings. The summed E-state index contributed by atoms with van der Waals surface area (Å²) in [7, 11) is 0. The van der Waals surface area contributed by atoms with Gasteiger partial charge in [-0.05, 0) is 18.2 Å². The van der Waals surface area contributed by atoms with Gasteiger partial charge in [-0.3, -0.25) is 25.2 Å². The topological polar surface area (TPSA) is 80.2 Å². The van der Waals surface area contributed by atoms with Crippen LogP contribution < -0.4 is 16.4 Å². The van der Waals surface area contributed by atoms with E-state index in [2.05, 4.69) is 5.43 Å². The lowest BCUT2D eigenvalue weighted by Crippen LogP contribution is -2.44. The van der Waals surface area contributed by atoms with Crippen molar-refractivity contribution in [3.63, 3.8) is 0 Å². The Kier molecular flexibility index (Phi) is 5.48. The predicted octanol–water partition coefficient (Wildman–Crippen LogP) is 1.98. The molecule has 2 N–H and O–H groups in total. The Morgan fingerprint density at radius 2 is 1.76 bits per heavy atom. The molecule has 0 bridgehead atoms. The number of carbonyl (C=O) groups excluding carboxylic acids is 2. The summed E-state index contributed by atoms with van der Waals surface area (Å²) in [6, 6.07) is 7.39. The molecule has 2 amide bonds. The van der Waals surface area contributed by atoms with E-state index in [1.165, 1.54) is 12.1 Å². The van der Waals surface area contributed by atoms with Crippen LogP contribution in [0, 0.1) is 0 Å². The normalized spacial score (nSPS) is 11.0. The lowest BCUT2D eigenvalue weighted by Gasteiger charge is -2.11. The minimum atomic E-state index is -4.65. The fourth-order valence-electron chi connectivity index (χ4n) is 1.86. The molecule has 1 aromatic heterocycles. The van der Waals surface area contributed by atoms with Crippen molar-refractivity contribution < 1.29 is 22.8 Å². The van der Waals surface area contributed by atoms with Crippen molar-refractivity contribution in [3.05, 3.63) is 69.1 Å². The average molecular weight is 374 g/mol. The highest BCUT2D eigenvalue weighted by molar-refractivity contribution is 6.33. The number of alkyl halides is 3. The molecule has 0 aliphatic carbocycles. The molecule has 2 rings (SSSR count). The van der Waals surface area contributed by atoms with E-state index in [0.29, 0.717) is 22.9 Å². The largest absolute Gasteiger partial charge is 0.417 e. The fourth-order valence-corrected chi connectivity index (χ4v) is 2.08. The maximum atomic E-state index is 12.6. The van der Waals surface area contributed by atoms with Gasteiger partial charge in [0.1, 0.15) is 6.54 Å². The lowest BCUT2D eigenvalue weighted by atomic mass is 10.2. The van der Waals surface area contributed by atoms with Gasteiger partial charge in [0.25, 0.3) is 17.4 Å². The number of carbonyl (C=O) groups is 2. The molecule has 6 nitrogen and oxygen atoms in total. The summed E-state index contributed by atoms with van der Waals surface area (Å²) in [4.78, 5) is 35.1. The molecule has 0 aliphatic heterocycles. The highest BCUT2D eigenvalue weighted by atomic mass is 35.5. The zero-order valence-corrected chi connectivity index (χ0v) is 13.2. The third-order valence-corrected chi connectivity index (χ3v) is 3.39. The summed E-state index contributed by atoms with van der Waals surface area (Å²) < 4.78 is 38.5. The van der Waals surface area contributed by atoms with E-state index < -0.39 is 35.7 Å². The summed E-state index contributed by atoms with van der Waals surface area (Å²) in [5.41, 5.74) is 2.30. The zero-order chi connectivity index (χ0) is 18.6. The number of pyridine rings is 1. The number of amides is 2. The Morgan fingerprint density at radius 3 is 2.40 bits per heavy atom. The highest BCUT2D eigenvalue weighted by Gasteiger charge is 2.31. The molecule has 2 aromatic rings. The fraction of sp³-hybridized carbons (Fsp3) is 0.133. The summed E-state index contributed by atoms with van der Waals surface area (Å²) >= 11 is 5.82. The molecule has 0 unspecified atom stereocenters. The molecule has 25 heavy (non-hydrogen) atoms. The third-order valence-electron chi connectivity index (χ3n) is 3.06. The van der Waals surface area contributed by atoms with Crippen LogP contribution in [0.15, 0.2) is 47.4 Å². The first-order valence-electron chi connectivity index (χ1n) is 6.80. The molecule has 0 atom stereocenters. The summed E-state index contributed by atoms with van der Waals surface area (Å²) in [5, 5.41) is 0.156. The number of rotatable bonds is 3. The van der Waals surface area contributed by atoms with Crippen LogP contribution in [0.1, 0.15) is 15.9 Å². The molecule has 0 saturated heterocycles. The Labute approximate surface area is 144 Å². The second kappa shape index (κ2) is 7.39. The van der Waals surface area contributed by atoms with E-state index in [1.807, 2.05) is 5.43 Å². The van der Waals surface area contributed by atoms with Gasteiger partial charge >= 0.3 is 6.18 Å². The van der Waals surface area contributed by atoms with Gasteiger partial charge in [-0.25, -0.2) is 0 Å². The highest BCUT2D eigenvalue weighted by Crippen LogP contribution is 2.27. The summed E-state index contributed by atoms with van der Waals surface area (Å²) in [5.74, 6) is -1.60. The number of aromatic nitrogens is 1. The van der Waals surface area contributed by atoms with Gasteiger partial charge in [-0.1, -0.05) is 23.7 Å². The maximum absolute atomic E-state index is 12.6. The first kappa shape index (κ1) is 18.5. The minimum Gasteiger partial charge on any atom is -0.305 e. The number of nitrogens with one attached hydrogen (secondary N) is 2. The number of hydrogen-bond donors (Lipinski definition) is 2. The van der Waals surface area contributed by atoms with Gasteiger partial charge in [-0.2, -0.15) is 13.2 Å². The van der Waals surface area contributed by atoms with Crippen LogP contribution in [0.3, 0.4) is 0 Å².